The summed E-state index contributed by atoms with van der Waals surface area (Å²) in [6, 6.07) is 4.17. The third-order valence-electron chi connectivity index (χ3n) is 1.38. The third kappa shape index (κ3) is 1.72. The molecule has 0 aliphatic rings. The van der Waals surface area contributed by atoms with E-state index in [-0.39, 0.29) is 21.3 Å². The molecule has 0 radical (unpaired) electrons. The van der Waals surface area contributed by atoms with Crippen LogP contribution in [-0.4, -0.2) is 4.92 Å². The number of nitro benzene ring substituents is 1. The molecule has 0 aliphatic heterocycles. The summed E-state index contributed by atoms with van der Waals surface area (Å²) >= 11 is 11.1. The molecule has 1 rings (SSSR count). The first kappa shape index (κ1) is 9.78. The summed E-state index contributed by atoms with van der Waals surface area (Å²) in [5.74, 6) is 0. The minimum Gasteiger partial charge on any atom is -0.258 e. The zero-order valence-electron chi connectivity index (χ0n) is 6.12. The molecule has 1 aromatic rings. The molecule has 0 aromatic heterocycles. The monoisotopic (exact) mass is 216 g/mol. The summed E-state index contributed by atoms with van der Waals surface area (Å²) in [4.78, 5) is 9.70. The van der Waals surface area contributed by atoms with E-state index in [1.807, 2.05) is 0 Å². The van der Waals surface area contributed by atoms with Gasteiger partial charge in [0.15, 0.2) is 0 Å². The molecule has 6 heteroatoms. The fourth-order valence-electron chi connectivity index (χ4n) is 0.767. The molecule has 0 unspecified atom stereocenters. The average molecular weight is 217 g/mol. The molecule has 0 saturated heterocycles. The summed E-state index contributed by atoms with van der Waals surface area (Å²) in [6.45, 7) is 0. The van der Waals surface area contributed by atoms with E-state index in [1.165, 1.54) is 6.07 Å². The number of nitro groups is 1. The van der Waals surface area contributed by atoms with Gasteiger partial charge in [-0.1, -0.05) is 23.2 Å². The first-order valence-electron chi connectivity index (χ1n) is 3.10. The van der Waals surface area contributed by atoms with Crippen LogP contribution in [0, 0.1) is 21.4 Å². The summed E-state index contributed by atoms with van der Waals surface area (Å²) in [6.07, 6.45) is 0. The Morgan fingerprint density at radius 2 is 2.00 bits per heavy atom. The lowest BCUT2D eigenvalue weighted by molar-refractivity contribution is -0.384. The molecule has 0 saturated carbocycles. The smallest absolute Gasteiger partial charge is 0.258 e. The number of nitrogens with zero attached hydrogens (tertiary/aromatic N) is 2. The van der Waals surface area contributed by atoms with E-state index in [2.05, 4.69) is 0 Å². The normalized spacial score (nSPS) is 9.31. The molecule has 13 heavy (non-hydrogen) atoms. The van der Waals surface area contributed by atoms with Crippen LogP contribution in [0.4, 0.5) is 5.69 Å². The van der Waals surface area contributed by atoms with E-state index >= 15 is 0 Å². The molecule has 4 nitrogen and oxygen atoms in total. The zero-order chi connectivity index (χ0) is 10.0. The highest BCUT2D eigenvalue weighted by molar-refractivity contribution is 6.44. The van der Waals surface area contributed by atoms with Crippen LogP contribution >= 0.6 is 23.2 Å². The van der Waals surface area contributed by atoms with Crippen LogP contribution in [-0.2, 0) is 0 Å². The minimum atomic E-state index is -0.657. The third-order valence-corrected chi connectivity index (χ3v) is 2.25. The fourth-order valence-corrected chi connectivity index (χ4v) is 1.20. The quantitative estimate of drug-likeness (QED) is 0.536. The molecule has 0 amide bonds. The standard InChI is InChI=1S/C7H2Cl2N2O2/c8-6-4(3-10)1-2-5(7(6)9)11(12)13/h1-2H. The Morgan fingerprint density at radius 1 is 1.38 bits per heavy atom. The SMILES string of the molecule is N#Cc1ccc([N+](=O)[O-])c(Cl)c1Cl. The maximum Gasteiger partial charge on any atom is 0.289 e. The van der Waals surface area contributed by atoms with Crippen LogP contribution in [0.1, 0.15) is 5.56 Å². The highest BCUT2D eigenvalue weighted by Crippen LogP contribution is 2.33. The van der Waals surface area contributed by atoms with Crippen molar-refractivity contribution in [1.29, 1.82) is 5.26 Å². The van der Waals surface area contributed by atoms with Gasteiger partial charge in [0, 0.05) is 6.07 Å². The Balaban J connectivity index is 3.42. The Morgan fingerprint density at radius 3 is 2.46 bits per heavy atom. The molecule has 0 heterocycles. The van der Waals surface area contributed by atoms with Crippen molar-refractivity contribution in [1.82, 2.24) is 0 Å². The van der Waals surface area contributed by atoms with Crippen molar-refractivity contribution in [3.8, 4) is 6.07 Å². The second kappa shape index (κ2) is 3.60. The van der Waals surface area contributed by atoms with Crippen LogP contribution in [0.2, 0.25) is 10.0 Å². The Bertz CT molecular complexity index is 412. The van der Waals surface area contributed by atoms with Crippen LogP contribution in [0.5, 0.6) is 0 Å². The van der Waals surface area contributed by atoms with Gasteiger partial charge in [0.2, 0.25) is 0 Å². The number of hydrogen-bond acceptors (Lipinski definition) is 3. The van der Waals surface area contributed by atoms with Gasteiger partial charge in [-0.05, 0) is 6.07 Å². The molecule has 66 valence electrons. The fraction of sp³-hybridized carbons (Fsp3) is 0. The van der Waals surface area contributed by atoms with Crippen molar-refractivity contribution < 1.29 is 4.92 Å². The van der Waals surface area contributed by atoms with Gasteiger partial charge in [0.1, 0.15) is 11.1 Å². The van der Waals surface area contributed by atoms with E-state index < -0.39 is 4.92 Å². The Hall–Kier alpha value is -1.31. The average Bonchev–Trinajstić information content (AvgIpc) is 2.09. The predicted octanol–water partition coefficient (Wildman–Crippen LogP) is 2.77. The second-order valence-electron chi connectivity index (χ2n) is 2.13. The van der Waals surface area contributed by atoms with Crippen molar-refractivity contribution in [2.45, 2.75) is 0 Å². The summed E-state index contributed by atoms with van der Waals surface area (Å²) in [7, 11) is 0. The molecular formula is C7H2Cl2N2O2. The molecule has 0 aliphatic carbocycles. The van der Waals surface area contributed by atoms with E-state index in [0.717, 1.165) is 6.07 Å². The molecule has 1 aromatic carbocycles. The number of halogens is 2. The lowest BCUT2D eigenvalue weighted by Gasteiger charge is -1.98. The predicted molar refractivity (Wildman–Crippen MR) is 47.8 cm³/mol. The molecule has 0 N–H and O–H groups in total. The number of benzene rings is 1. The summed E-state index contributed by atoms with van der Waals surface area (Å²) in [5.41, 5.74) is -0.178. The summed E-state index contributed by atoms with van der Waals surface area (Å²) in [5, 5.41) is 18.6. The van der Waals surface area contributed by atoms with E-state index in [1.54, 1.807) is 6.07 Å². The van der Waals surface area contributed by atoms with Gasteiger partial charge in [0.05, 0.1) is 15.5 Å². The van der Waals surface area contributed by atoms with E-state index in [4.69, 9.17) is 28.5 Å². The zero-order valence-corrected chi connectivity index (χ0v) is 7.63. The van der Waals surface area contributed by atoms with Crippen LogP contribution in [0.25, 0.3) is 0 Å². The van der Waals surface area contributed by atoms with Crippen molar-refractivity contribution >= 4 is 28.9 Å². The molecule has 0 bridgehead atoms. The van der Waals surface area contributed by atoms with Crippen molar-refractivity contribution in [3.63, 3.8) is 0 Å². The lowest BCUT2D eigenvalue weighted by Crippen LogP contribution is -1.90. The largest absolute Gasteiger partial charge is 0.289 e. The van der Waals surface area contributed by atoms with Crippen molar-refractivity contribution in [2.24, 2.45) is 0 Å². The maximum atomic E-state index is 10.4. The van der Waals surface area contributed by atoms with Crippen molar-refractivity contribution in [2.75, 3.05) is 0 Å². The first-order chi connectivity index (χ1) is 6.07. The van der Waals surface area contributed by atoms with Gasteiger partial charge in [-0.2, -0.15) is 5.26 Å². The van der Waals surface area contributed by atoms with Crippen LogP contribution in [0.15, 0.2) is 12.1 Å². The van der Waals surface area contributed by atoms with Gasteiger partial charge in [0.25, 0.3) is 5.69 Å². The van der Waals surface area contributed by atoms with Crippen LogP contribution in [0.3, 0.4) is 0 Å². The highest BCUT2D eigenvalue weighted by Gasteiger charge is 2.17. The van der Waals surface area contributed by atoms with Crippen molar-refractivity contribution in [3.05, 3.63) is 37.9 Å². The van der Waals surface area contributed by atoms with E-state index in [9.17, 15) is 10.1 Å². The van der Waals surface area contributed by atoms with E-state index in [0.29, 0.717) is 0 Å². The molecular weight excluding hydrogens is 215 g/mol. The number of rotatable bonds is 1. The van der Waals surface area contributed by atoms with Crippen LogP contribution < -0.4 is 0 Å². The number of nitriles is 1. The van der Waals surface area contributed by atoms with Gasteiger partial charge >= 0.3 is 0 Å². The molecule has 0 fully saturated rings. The minimum absolute atomic E-state index is 0.0848. The van der Waals surface area contributed by atoms with Gasteiger partial charge in [-0.3, -0.25) is 10.1 Å². The highest BCUT2D eigenvalue weighted by atomic mass is 35.5. The topological polar surface area (TPSA) is 66.9 Å². The molecule has 0 spiro atoms. The van der Waals surface area contributed by atoms with Gasteiger partial charge in [-0.25, -0.2) is 0 Å². The lowest BCUT2D eigenvalue weighted by atomic mass is 10.2. The maximum absolute atomic E-state index is 10.4. The first-order valence-corrected chi connectivity index (χ1v) is 3.86. The second-order valence-corrected chi connectivity index (χ2v) is 2.89. The summed E-state index contributed by atoms with van der Waals surface area (Å²) < 4.78 is 0. The van der Waals surface area contributed by atoms with Gasteiger partial charge in [-0.15, -0.1) is 0 Å². The van der Waals surface area contributed by atoms with Gasteiger partial charge < -0.3 is 0 Å². The number of hydrogen-bond donors (Lipinski definition) is 0. The molecule has 0 atom stereocenters. The Kier molecular flexibility index (Phi) is 2.71. The Labute approximate surface area is 83.4 Å².